The van der Waals surface area contributed by atoms with Crippen molar-refractivity contribution >= 4 is 28.7 Å². The van der Waals surface area contributed by atoms with E-state index in [1.54, 1.807) is 22.8 Å². The van der Waals surface area contributed by atoms with Crippen LogP contribution in [-0.2, 0) is 6.42 Å². The molecule has 204 valence electrons. The van der Waals surface area contributed by atoms with Gasteiger partial charge < -0.3 is 21.1 Å². The quantitative estimate of drug-likeness (QED) is 0.220. The number of anilines is 3. The number of hydrogen-bond acceptors (Lipinski definition) is 6. The lowest BCUT2D eigenvalue weighted by Crippen LogP contribution is -2.26. The molecule has 2 aromatic carbocycles. The number of aryl methyl sites for hydroxylation is 1. The summed E-state index contributed by atoms with van der Waals surface area (Å²) in [6, 6.07) is 14.8. The summed E-state index contributed by atoms with van der Waals surface area (Å²) in [4.78, 5) is 17.0. The lowest BCUT2D eigenvalue weighted by molar-refractivity contribution is -0.131. The minimum atomic E-state index is -4.29. The van der Waals surface area contributed by atoms with Gasteiger partial charge in [0.1, 0.15) is 0 Å². The highest BCUT2D eigenvalue weighted by Gasteiger charge is 2.27. The monoisotopic (exact) mass is 538 g/mol. The molecule has 1 amide bonds. The van der Waals surface area contributed by atoms with E-state index < -0.39 is 12.6 Å². The Morgan fingerprint density at radius 3 is 2.56 bits per heavy atom. The summed E-state index contributed by atoms with van der Waals surface area (Å²) in [5.74, 6) is 0.300. The molecule has 2 aromatic heterocycles. The largest absolute Gasteiger partial charge is 0.396 e. The molecular weight excluding hydrogens is 509 g/mol. The number of rotatable bonds is 10. The van der Waals surface area contributed by atoms with Crippen molar-refractivity contribution in [2.45, 2.75) is 44.8 Å². The average molecular weight is 539 g/mol. The van der Waals surface area contributed by atoms with E-state index in [1.807, 2.05) is 43.3 Å². The van der Waals surface area contributed by atoms with E-state index in [0.717, 1.165) is 35.2 Å². The van der Waals surface area contributed by atoms with Gasteiger partial charge in [-0.15, -0.1) is 5.10 Å². The van der Waals surface area contributed by atoms with Gasteiger partial charge in [0.25, 0.3) is 5.91 Å². The smallest absolute Gasteiger partial charge is 0.390 e. The van der Waals surface area contributed by atoms with Crippen LogP contribution in [0.2, 0.25) is 0 Å². The molecule has 5 rings (SSSR count). The van der Waals surface area contributed by atoms with Gasteiger partial charge in [-0.3, -0.25) is 4.79 Å². The molecule has 2 heterocycles. The fourth-order valence-corrected chi connectivity index (χ4v) is 4.30. The number of halogens is 3. The van der Waals surface area contributed by atoms with E-state index >= 15 is 0 Å². The molecule has 39 heavy (non-hydrogen) atoms. The number of nitrogens with zero attached hydrogens (tertiary/aromatic N) is 3. The molecule has 1 saturated carbocycles. The van der Waals surface area contributed by atoms with Crippen molar-refractivity contribution in [3.05, 3.63) is 71.4 Å². The molecule has 0 bridgehead atoms. The van der Waals surface area contributed by atoms with Crippen molar-refractivity contribution in [3.8, 4) is 11.3 Å². The molecule has 1 aliphatic rings. The zero-order valence-electron chi connectivity index (χ0n) is 21.3. The van der Waals surface area contributed by atoms with E-state index in [1.165, 1.54) is 0 Å². The second kappa shape index (κ2) is 10.9. The first-order valence-electron chi connectivity index (χ1n) is 12.8. The summed E-state index contributed by atoms with van der Waals surface area (Å²) >= 11 is 0. The van der Waals surface area contributed by atoms with Gasteiger partial charge >= 0.3 is 6.18 Å². The number of benzene rings is 2. The van der Waals surface area contributed by atoms with Crippen LogP contribution >= 0.6 is 0 Å². The molecule has 8 nitrogen and oxygen atoms in total. The van der Waals surface area contributed by atoms with Crippen molar-refractivity contribution < 1.29 is 23.1 Å². The van der Waals surface area contributed by atoms with Gasteiger partial charge in [0.15, 0.2) is 11.5 Å². The van der Waals surface area contributed by atoms with Gasteiger partial charge in [0.2, 0.25) is 0 Å². The zero-order chi connectivity index (χ0) is 27.6. The van der Waals surface area contributed by atoms with E-state index in [9.17, 15) is 18.0 Å². The Morgan fingerprint density at radius 1 is 1.13 bits per heavy atom. The van der Waals surface area contributed by atoms with E-state index in [-0.39, 0.29) is 25.1 Å². The van der Waals surface area contributed by atoms with Gasteiger partial charge in [-0.05, 0) is 61.6 Å². The van der Waals surface area contributed by atoms with E-state index in [2.05, 4.69) is 26.0 Å². The Balaban J connectivity index is 1.48. The summed E-state index contributed by atoms with van der Waals surface area (Å²) in [5, 5.41) is 22.9. The number of carbonyl (C=O) groups excluding carboxylic acids is 1. The van der Waals surface area contributed by atoms with Crippen molar-refractivity contribution in [2.75, 3.05) is 23.8 Å². The summed E-state index contributed by atoms with van der Waals surface area (Å²) in [6.45, 7) is 1.59. The first kappa shape index (κ1) is 26.5. The highest BCUT2D eigenvalue weighted by Crippen LogP contribution is 2.29. The number of nitrogens with one attached hydrogen (secondary N) is 3. The molecule has 4 N–H and O–H groups in total. The summed E-state index contributed by atoms with van der Waals surface area (Å²) in [5.41, 5.74) is 5.26. The second-order valence-corrected chi connectivity index (χ2v) is 9.69. The van der Waals surface area contributed by atoms with Crippen LogP contribution in [0.1, 0.15) is 40.7 Å². The normalized spacial score (nSPS) is 13.5. The number of aliphatic hydroxyl groups excluding tert-OH is 1. The highest BCUT2D eigenvalue weighted by molar-refractivity contribution is 5.96. The molecule has 4 aromatic rings. The number of amides is 1. The van der Waals surface area contributed by atoms with E-state index in [0.29, 0.717) is 34.8 Å². The van der Waals surface area contributed by atoms with Crippen molar-refractivity contribution in [2.24, 2.45) is 0 Å². The van der Waals surface area contributed by atoms with Crippen LogP contribution in [0.4, 0.5) is 30.4 Å². The maximum atomic E-state index is 12.8. The summed E-state index contributed by atoms with van der Waals surface area (Å²) in [7, 11) is 0. The summed E-state index contributed by atoms with van der Waals surface area (Å²) in [6.07, 6.45) is -1.13. The molecule has 1 aliphatic carbocycles. The van der Waals surface area contributed by atoms with Gasteiger partial charge in [-0.25, -0.2) is 9.50 Å². The van der Waals surface area contributed by atoms with Crippen LogP contribution in [-0.4, -0.2) is 51.0 Å². The number of imidazole rings is 1. The first-order chi connectivity index (χ1) is 18.7. The van der Waals surface area contributed by atoms with Gasteiger partial charge in [-0.1, -0.05) is 18.2 Å². The Labute approximate surface area is 223 Å². The molecule has 0 spiro atoms. The number of carbonyl (C=O) groups is 1. The van der Waals surface area contributed by atoms with Crippen LogP contribution in [0.15, 0.2) is 54.7 Å². The molecule has 0 atom stereocenters. The van der Waals surface area contributed by atoms with Crippen LogP contribution in [0.5, 0.6) is 0 Å². The zero-order valence-corrected chi connectivity index (χ0v) is 21.3. The molecule has 0 unspecified atom stereocenters. The number of aliphatic hydroxyl groups is 1. The van der Waals surface area contributed by atoms with Crippen molar-refractivity contribution in [1.82, 2.24) is 19.9 Å². The maximum Gasteiger partial charge on any atom is 0.390 e. The summed E-state index contributed by atoms with van der Waals surface area (Å²) < 4.78 is 40.0. The third kappa shape index (κ3) is 6.48. The fourth-order valence-electron chi connectivity index (χ4n) is 4.30. The standard InChI is InChI=1S/C28H29F3N6O2/c1-17-14-19(4-9-22(17)27(39)35-21-7-8-21)24-16-33-26-23(32-12-11-28(29,30)31)15-25(36-37(24)26)34-20-5-2-18(3-6-20)10-13-38/h2-6,9,14-16,21,32,38H,7-8,10-13H2,1H3,(H,34,36)(H,35,39). The Morgan fingerprint density at radius 2 is 1.90 bits per heavy atom. The second-order valence-electron chi connectivity index (χ2n) is 9.69. The topological polar surface area (TPSA) is 104 Å². The third-order valence-corrected chi connectivity index (χ3v) is 6.50. The van der Waals surface area contributed by atoms with Gasteiger partial charge in [0, 0.05) is 42.1 Å². The lowest BCUT2D eigenvalue weighted by atomic mass is 10.0. The highest BCUT2D eigenvalue weighted by atomic mass is 19.4. The van der Waals surface area contributed by atoms with Crippen LogP contribution in [0.3, 0.4) is 0 Å². The van der Waals surface area contributed by atoms with Crippen LogP contribution < -0.4 is 16.0 Å². The first-order valence-corrected chi connectivity index (χ1v) is 12.8. The fraction of sp³-hybridized carbons (Fsp3) is 0.321. The molecule has 0 aliphatic heterocycles. The minimum absolute atomic E-state index is 0.0486. The third-order valence-electron chi connectivity index (χ3n) is 6.50. The molecule has 0 radical (unpaired) electrons. The minimum Gasteiger partial charge on any atom is -0.396 e. The predicted octanol–water partition coefficient (Wildman–Crippen LogP) is 5.24. The molecule has 11 heteroatoms. The molecule has 0 saturated heterocycles. The SMILES string of the molecule is Cc1cc(-c2cnc3c(NCCC(F)(F)F)cc(Nc4ccc(CCO)cc4)nn23)ccc1C(=O)NC1CC1. The Hall–Kier alpha value is -4.12. The van der Waals surface area contributed by atoms with Crippen LogP contribution in [0, 0.1) is 6.92 Å². The number of fused-ring (bicyclic) bond motifs is 1. The van der Waals surface area contributed by atoms with Crippen LogP contribution in [0.25, 0.3) is 16.9 Å². The number of aromatic nitrogens is 3. The Bertz CT molecular complexity index is 1480. The Kier molecular flexibility index (Phi) is 7.42. The van der Waals surface area contributed by atoms with E-state index in [4.69, 9.17) is 5.11 Å². The lowest BCUT2D eigenvalue weighted by Gasteiger charge is -2.14. The molecular formula is C28H29F3N6O2. The van der Waals surface area contributed by atoms with Crippen molar-refractivity contribution in [3.63, 3.8) is 0 Å². The predicted molar refractivity (Wildman–Crippen MR) is 143 cm³/mol. The van der Waals surface area contributed by atoms with Crippen molar-refractivity contribution in [1.29, 1.82) is 0 Å². The number of hydrogen-bond donors (Lipinski definition) is 4. The number of alkyl halides is 3. The average Bonchev–Trinajstić information content (AvgIpc) is 3.59. The maximum absolute atomic E-state index is 12.8. The molecule has 1 fully saturated rings. The van der Waals surface area contributed by atoms with Gasteiger partial charge in [0.05, 0.1) is 24.0 Å². The van der Waals surface area contributed by atoms with Gasteiger partial charge in [-0.2, -0.15) is 13.2 Å².